The fourth-order valence-electron chi connectivity index (χ4n) is 3.94. The number of hydrogen-bond acceptors (Lipinski definition) is 5. The number of hydrogen-bond donors (Lipinski definition) is 1. The molecule has 0 spiro atoms. The van der Waals surface area contributed by atoms with Crippen molar-refractivity contribution >= 4 is 5.91 Å². The van der Waals surface area contributed by atoms with E-state index in [2.05, 4.69) is 15.6 Å². The van der Waals surface area contributed by atoms with Gasteiger partial charge >= 0.3 is 0 Å². The highest BCUT2D eigenvalue weighted by molar-refractivity contribution is 5.91. The van der Waals surface area contributed by atoms with Crippen LogP contribution in [0.3, 0.4) is 0 Å². The first-order valence-electron chi connectivity index (χ1n) is 10.3. The summed E-state index contributed by atoms with van der Waals surface area (Å²) in [5.41, 5.74) is 0.370. The van der Waals surface area contributed by atoms with Gasteiger partial charge in [0.25, 0.3) is 5.91 Å². The van der Waals surface area contributed by atoms with Crippen molar-refractivity contribution in [3.8, 4) is 11.5 Å². The fourth-order valence-corrected chi connectivity index (χ4v) is 3.94. The summed E-state index contributed by atoms with van der Waals surface area (Å²) >= 11 is 0. The third kappa shape index (κ3) is 4.82. The van der Waals surface area contributed by atoms with Gasteiger partial charge in [0.2, 0.25) is 0 Å². The van der Waals surface area contributed by atoms with Crippen LogP contribution < -0.4 is 14.8 Å². The zero-order chi connectivity index (χ0) is 19.2. The van der Waals surface area contributed by atoms with Crippen molar-refractivity contribution in [2.24, 2.45) is 5.92 Å². The number of nitrogens with zero attached hydrogens (tertiary/aromatic N) is 3. The van der Waals surface area contributed by atoms with Crippen LogP contribution in [-0.2, 0) is 6.54 Å². The van der Waals surface area contributed by atoms with Crippen LogP contribution >= 0.6 is 0 Å². The summed E-state index contributed by atoms with van der Waals surface area (Å²) in [7, 11) is 0. The zero-order valence-corrected chi connectivity index (χ0v) is 16.2. The maximum absolute atomic E-state index is 12.3. The molecule has 1 saturated carbocycles. The molecule has 7 nitrogen and oxygen atoms in total. The van der Waals surface area contributed by atoms with E-state index in [1.165, 1.54) is 32.1 Å². The number of benzene rings is 1. The molecule has 0 saturated heterocycles. The van der Waals surface area contributed by atoms with Crippen molar-refractivity contribution in [2.45, 2.75) is 57.6 Å². The van der Waals surface area contributed by atoms with Crippen molar-refractivity contribution < 1.29 is 14.3 Å². The number of amides is 1. The number of ether oxygens (including phenoxy) is 2. The molecular weight excluding hydrogens is 356 g/mol. The number of carbonyl (C=O) groups excluding carboxylic acids is 1. The van der Waals surface area contributed by atoms with Crippen LogP contribution in [-0.4, -0.2) is 40.2 Å². The van der Waals surface area contributed by atoms with Crippen molar-refractivity contribution in [1.82, 2.24) is 20.3 Å². The molecule has 1 aromatic heterocycles. The minimum Gasteiger partial charge on any atom is -0.486 e. The van der Waals surface area contributed by atoms with Crippen LogP contribution in [0.4, 0.5) is 0 Å². The van der Waals surface area contributed by atoms with E-state index in [0.29, 0.717) is 25.3 Å². The monoisotopic (exact) mass is 384 g/mol. The second-order valence-electron chi connectivity index (χ2n) is 7.70. The number of fused-ring (bicyclic) bond motifs is 1. The van der Waals surface area contributed by atoms with Crippen molar-refractivity contribution in [1.29, 1.82) is 0 Å². The van der Waals surface area contributed by atoms with Gasteiger partial charge in [0.15, 0.2) is 17.2 Å². The van der Waals surface area contributed by atoms with Gasteiger partial charge in [-0.15, -0.1) is 5.10 Å². The minimum atomic E-state index is -0.193. The molecular formula is C21H28N4O3. The van der Waals surface area contributed by atoms with E-state index in [4.69, 9.17) is 9.47 Å². The lowest BCUT2D eigenvalue weighted by atomic mass is 9.87. The molecule has 1 aliphatic heterocycles. The SMILES string of the molecule is O=C(NCC[C@@H]1COc2ccccc2O1)c1cn(CCC2CCCCC2)nn1. The van der Waals surface area contributed by atoms with Crippen LogP contribution in [0.15, 0.2) is 30.5 Å². The molecule has 1 aliphatic carbocycles. The van der Waals surface area contributed by atoms with Gasteiger partial charge in [-0.25, -0.2) is 0 Å². The Morgan fingerprint density at radius 1 is 1.14 bits per heavy atom. The summed E-state index contributed by atoms with van der Waals surface area (Å²) in [6.45, 7) is 1.83. The van der Waals surface area contributed by atoms with E-state index in [-0.39, 0.29) is 12.0 Å². The Balaban J connectivity index is 1.19. The molecule has 1 N–H and O–H groups in total. The summed E-state index contributed by atoms with van der Waals surface area (Å²) in [5, 5.41) is 11.0. The third-order valence-corrected chi connectivity index (χ3v) is 5.58. The Morgan fingerprint density at radius 3 is 2.82 bits per heavy atom. The first-order valence-corrected chi connectivity index (χ1v) is 10.3. The second-order valence-corrected chi connectivity index (χ2v) is 7.70. The number of para-hydroxylation sites is 2. The normalized spacial score (nSPS) is 19.4. The first-order chi connectivity index (χ1) is 13.8. The van der Waals surface area contributed by atoms with Gasteiger partial charge in [-0.3, -0.25) is 9.48 Å². The number of rotatable bonds is 7. The van der Waals surface area contributed by atoms with Crippen LogP contribution in [0, 0.1) is 5.92 Å². The van der Waals surface area contributed by atoms with Crippen LogP contribution in [0.5, 0.6) is 11.5 Å². The lowest BCUT2D eigenvalue weighted by molar-refractivity contribution is 0.0811. The molecule has 2 heterocycles. The predicted octanol–water partition coefficient (Wildman–Crippen LogP) is 3.21. The van der Waals surface area contributed by atoms with E-state index in [9.17, 15) is 4.79 Å². The minimum absolute atomic E-state index is 0.0682. The topological polar surface area (TPSA) is 78.3 Å². The summed E-state index contributed by atoms with van der Waals surface area (Å²) in [5.74, 6) is 2.12. The molecule has 150 valence electrons. The van der Waals surface area contributed by atoms with Gasteiger partial charge in [0, 0.05) is 19.5 Å². The average molecular weight is 384 g/mol. The molecule has 0 unspecified atom stereocenters. The van der Waals surface area contributed by atoms with E-state index >= 15 is 0 Å². The lowest BCUT2D eigenvalue weighted by Crippen LogP contribution is -2.34. The molecule has 4 rings (SSSR count). The Morgan fingerprint density at radius 2 is 1.96 bits per heavy atom. The number of aromatic nitrogens is 3. The van der Waals surface area contributed by atoms with E-state index in [0.717, 1.165) is 30.4 Å². The lowest BCUT2D eigenvalue weighted by Gasteiger charge is -2.26. The highest BCUT2D eigenvalue weighted by Gasteiger charge is 2.21. The van der Waals surface area contributed by atoms with Gasteiger partial charge < -0.3 is 14.8 Å². The summed E-state index contributed by atoms with van der Waals surface area (Å²) in [6.07, 6.45) is 10.2. The van der Waals surface area contributed by atoms with Crippen LogP contribution in [0.25, 0.3) is 0 Å². The van der Waals surface area contributed by atoms with Crippen LogP contribution in [0.2, 0.25) is 0 Å². The Bertz CT molecular complexity index is 785. The number of carbonyl (C=O) groups is 1. The van der Waals surface area contributed by atoms with E-state index in [1.807, 2.05) is 24.3 Å². The third-order valence-electron chi connectivity index (χ3n) is 5.58. The van der Waals surface area contributed by atoms with E-state index in [1.54, 1.807) is 10.9 Å². The molecule has 1 fully saturated rings. The molecule has 0 bridgehead atoms. The molecule has 1 amide bonds. The average Bonchev–Trinajstić information content (AvgIpc) is 3.22. The van der Waals surface area contributed by atoms with Gasteiger partial charge in [-0.2, -0.15) is 0 Å². The standard InChI is InChI=1S/C21H28N4O3/c26-21(18-14-25(24-23-18)13-11-16-6-2-1-3-7-16)22-12-10-17-15-27-19-8-4-5-9-20(19)28-17/h4-5,8-9,14,16-17H,1-3,6-7,10-13,15H2,(H,22,26)/t17-/m1/s1. The van der Waals surface area contributed by atoms with Crippen molar-refractivity contribution in [2.75, 3.05) is 13.2 Å². The number of nitrogens with one attached hydrogen (secondary N) is 1. The highest BCUT2D eigenvalue weighted by atomic mass is 16.6. The summed E-state index contributed by atoms with van der Waals surface area (Å²) in [4.78, 5) is 12.3. The molecule has 1 aromatic carbocycles. The van der Waals surface area contributed by atoms with Gasteiger partial charge in [-0.1, -0.05) is 49.5 Å². The van der Waals surface area contributed by atoms with Crippen molar-refractivity contribution in [3.05, 3.63) is 36.2 Å². The Hall–Kier alpha value is -2.57. The predicted molar refractivity (Wildman–Crippen MR) is 105 cm³/mol. The van der Waals surface area contributed by atoms with Gasteiger partial charge in [0.05, 0.1) is 6.20 Å². The molecule has 28 heavy (non-hydrogen) atoms. The molecule has 2 aromatic rings. The van der Waals surface area contributed by atoms with Crippen LogP contribution in [0.1, 0.15) is 55.4 Å². The van der Waals surface area contributed by atoms with Gasteiger partial charge in [-0.05, 0) is 24.5 Å². The second kappa shape index (κ2) is 9.08. The summed E-state index contributed by atoms with van der Waals surface area (Å²) < 4.78 is 13.4. The van der Waals surface area contributed by atoms with Gasteiger partial charge in [0.1, 0.15) is 12.7 Å². The Kier molecular flexibility index (Phi) is 6.09. The maximum Gasteiger partial charge on any atom is 0.273 e. The molecule has 2 aliphatic rings. The quantitative estimate of drug-likeness (QED) is 0.793. The fraction of sp³-hybridized carbons (Fsp3) is 0.571. The van der Waals surface area contributed by atoms with Crippen molar-refractivity contribution in [3.63, 3.8) is 0 Å². The highest BCUT2D eigenvalue weighted by Crippen LogP contribution is 2.31. The smallest absolute Gasteiger partial charge is 0.273 e. The molecule has 0 radical (unpaired) electrons. The molecule has 1 atom stereocenters. The van der Waals surface area contributed by atoms with E-state index < -0.39 is 0 Å². The maximum atomic E-state index is 12.3. The molecule has 7 heteroatoms. The largest absolute Gasteiger partial charge is 0.486 e. The zero-order valence-electron chi connectivity index (χ0n) is 16.2. The summed E-state index contributed by atoms with van der Waals surface area (Å²) in [6, 6.07) is 7.63. The Labute approximate surface area is 165 Å². The first kappa shape index (κ1) is 18.8. The number of aryl methyl sites for hydroxylation is 1.